The Morgan fingerprint density at radius 2 is 1.54 bits per heavy atom. The zero-order valence-corrected chi connectivity index (χ0v) is 19.6. The topological polar surface area (TPSA) is 84.0 Å². The monoisotopic (exact) mass is 472 g/mol. The highest BCUT2D eigenvalue weighted by Gasteiger charge is 2.61. The summed E-state index contributed by atoms with van der Waals surface area (Å²) in [5, 5.41) is 0. The van der Waals surface area contributed by atoms with E-state index in [1.807, 2.05) is 37.3 Å². The molecule has 3 amide bonds. The van der Waals surface area contributed by atoms with Crippen molar-refractivity contribution in [3.8, 4) is 5.75 Å². The second-order valence-electron chi connectivity index (χ2n) is 10.3. The van der Waals surface area contributed by atoms with E-state index < -0.39 is 11.9 Å². The third-order valence-electron chi connectivity index (χ3n) is 8.48. The molecule has 2 heterocycles. The summed E-state index contributed by atoms with van der Waals surface area (Å²) in [7, 11) is 0. The van der Waals surface area contributed by atoms with Crippen molar-refractivity contribution >= 4 is 29.4 Å². The molecule has 2 aromatic rings. The molecular formula is C28H28N2O5. The summed E-state index contributed by atoms with van der Waals surface area (Å²) in [4.78, 5) is 54.5. The molecule has 6 atom stereocenters. The molecule has 2 aromatic carbocycles. The number of imide groups is 1. The van der Waals surface area contributed by atoms with Crippen LogP contribution in [0.25, 0.3) is 0 Å². The van der Waals surface area contributed by atoms with Crippen LogP contribution < -0.4 is 9.64 Å². The Morgan fingerprint density at radius 1 is 0.914 bits per heavy atom. The molecule has 180 valence electrons. The van der Waals surface area contributed by atoms with Crippen molar-refractivity contribution in [2.45, 2.75) is 38.6 Å². The zero-order valence-electron chi connectivity index (χ0n) is 19.6. The third kappa shape index (κ3) is 3.56. The molecule has 2 saturated heterocycles. The van der Waals surface area contributed by atoms with E-state index in [0.717, 1.165) is 24.8 Å². The maximum atomic E-state index is 13.0. The van der Waals surface area contributed by atoms with Crippen LogP contribution in [0.3, 0.4) is 0 Å². The summed E-state index contributed by atoms with van der Waals surface area (Å²) in [5.74, 6) is -0.555. The standard InChI is InChI=1S/C28H28N2O5/c1-16(17-5-3-2-4-6-17)29-15-20(14-23(29)31)28(34)35-22-11-9-21(10-12-22)30-26(32)24-18-7-8-19(13-18)25(24)27(30)33/h2-6,9-12,16,18-20,24-25H,7-8,13-15H2,1H3/t16-,18+,19+,20-,24-,25-/m1/s1. The summed E-state index contributed by atoms with van der Waals surface area (Å²) in [5.41, 5.74) is 1.54. The minimum atomic E-state index is -0.537. The average molecular weight is 473 g/mol. The maximum absolute atomic E-state index is 13.0. The number of ether oxygens (including phenoxy) is 1. The number of anilines is 1. The van der Waals surface area contributed by atoms with Crippen molar-refractivity contribution in [1.82, 2.24) is 4.90 Å². The molecule has 4 aliphatic rings. The van der Waals surface area contributed by atoms with Crippen LogP contribution in [0.4, 0.5) is 5.69 Å². The van der Waals surface area contributed by atoms with Gasteiger partial charge in [0.2, 0.25) is 17.7 Å². The van der Waals surface area contributed by atoms with E-state index in [-0.39, 0.29) is 42.0 Å². The minimum absolute atomic E-state index is 0.0655. The molecule has 4 fully saturated rings. The van der Waals surface area contributed by atoms with Gasteiger partial charge in [-0.05, 0) is 67.9 Å². The van der Waals surface area contributed by atoms with Crippen molar-refractivity contribution in [1.29, 1.82) is 0 Å². The van der Waals surface area contributed by atoms with Gasteiger partial charge in [-0.15, -0.1) is 0 Å². The van der Waals surface area contributed by atoms with Gasteiger partial charge in [-0.1, -0.05) is 30.3 Å². The molecule has 35 heavy (non-hydrogen) atoms. The van der Waals surface area contributed by atoms with Crippen LogP contribution in [0.15, 0.2) is 54.6 Å². The van der Waals surface area contributed by atoms with Gasteiger partial charge in [-0.2, -0.15) is 0 Å². The van der Waals surface area contributed by atoms with E-state index >= 15 is 0 Å². The number of nitrogens with zero attached hydrogens (tertiary/aromatic N) is 2. The number of esters is 1. The van der Waals surface area contributed by atoms with Crippen molar-refractivity contribution in [2.75, 3.05) is 11.4 Å². The number of likely N-dealkylation sites (tertiary alicyclic amines) is 1. The van der Waals surface area contributed by atoms with Crippen molar-refractivity contribution in [3.05, 3.63) is 60.2 Å². The fourth-order valence-electron chi connectivity index (χ4n) is 6.70. The van der Waals surface area contributed by atoms with E-state index in [2.05, 4.69) is 0 Å². The third-order valence-corrected chi connectivity index (χ3v) is 8.48. The van der Waals surface area contributed by atoms with E-state index in [1.165, 1.54) is 4.90 Å². The SMILES string of the molecule is C[C@H](c1ccccc1)N1C[C@H](C(=O)Oc2ccc(N3C(=O)[C@@H]4[C@H]5CC[C@@H](C5)[C@H]4C3=O)cc2)CC1=O. The summed E-state index contributed by atoms with van der Waals surface area (Å²) in [6, 6.07) is 16.1. The van der Waals surface area contributed by atoms with Crippen LogP contribution in [-0.2, 0) is 19.2 Å². The van der Waals surface area contributed by atoms with Gasteiger partial charge in [0.05, 0.1) is 29.5 Å². The lowest BCUT2D eigenvalue weighted by atomic mass is 9.81. The van der Waals surface area contributed by atoms with Crippen LogP contribution in [0, 0.1) is 29.6 Å². The molecular weight excluding hydrogens is 444 g/mol. The normalized spacial score (nSPS) is 30.2. The number of hydrogen-bond donors (Lipinski definition) is 0. The fraction of sp³-hybridized carbons (Fsp3) is 0.429. The Labute approximate surface area is 204 Å². The molecule has 2 aliphatic heterocycles. The summed E-state index contributed by atoms with van der Waals surface area (Å²) >= 11 is 0. The summed E-state index contributed by atoms with van der Waals surface area (Å²) in [6.07, 6.45) is 3.20. The second kappa shape index (κ2) is 8.33. The first kappa shape index (κ1) is 22.0. The van der Waals surface area contributed by atoms with Gasteiger partial charge >= 0.3 is 5.97 Å². The lowest BCUT2D eigenvalue weighted by Crippen LogP contribution is -2.32. The number of fused-ring (bicyclic) bond motifs is 5. The maximum Gasteiger partial charge on any atom is 0.316 e. The fourth-order valence-corrected chi connectivity index (χ4v) is 6.70. The van der Waals surface area contributed by atoms with Crippen LogP contribution in [0.5, 0.6) is 5.75 Å². The Morgan fingerprint density at radius 3 is 2.17 bits per heavy atom. The van der Waals surface area contributed by atoms with E-state index in [9.17, 15) is 19.2 Å². The van der Waals surface area contributed by atoms with E-state index in [0.29, 0.717) is 29.8 Å². The van der Waals surface area contributed by atoms with Crippen LogP contribution in [-0.4, -0.2) is 35.1 Å². The van der Waals surface area contributed by atoms with Gasteiger partial charge < -0.3 is 9.64 Å². The molecule has 0 N–H and O–H groups in total. The molecule has 7 nitrogen and oxygen atoms in total. The molecule has 0 unspecified atom stereocenters. The predicted molar refractivity (Wildman–Crippen MR) is 127 cm³/mol. The number of amides is 3. The highest BCUT2D eigenvalue weighted by atomic mass is 16.5. The van der Waals surface area contributed by atoms with E-state index in [4.69, 9.17) is 4.74 Å². The minimum Gasteiger partial charge on any atom is -0.426 e. The average Bonchev–Trinajstić information content (AvgIpc) is 3.63. The molecule has 6 rings (SSSR count). The largest absolute Gasteiger partial charge is 0.426 e. The quantitative estimate of drug-likeness (QED) is 0.376. The van der Waals surface area contributed by atoms with Crippen molar-refractivity contribution in [2.24, 2.45) is 29.6 Å². The zero-order chi connectivity index (χ0) is 24.3. The first-order valence-corrected chi connectivity index (χ1v) is 12.5. The van der Waals surface area contributed by atoms with Gasteiger partial charge in [0.15, 0.2) is 0 Å². The Hall–Kier alpha value is -3.48. The number of benzene rings is 2. The molecule has 2 saturated carbocycles. The first-order valence-electron chi connectivity index (χ1n) is 12.5. The van der Waals surface area contributed by atoms with Crippen molar-refractivity contribution < 1.29 is 23.9 Å². The Balaban J connectivity index is 1.11. The smallest absolute Gasteiger partial charge is 0.316 e. The molecule has 2 bridgehead atoms. The van der Waals surface area contributed by atoms with Gasteiger partial charge in [-0.3, -0.25) is 24.1 Å². The number of hydrogen-bond acceptors (Lipinski definition) is 5. The molecule has 2 aliphatic carbocycles. The molecule has 7 heteroatoms. The van der Waals surface area contributed by atoms with Gasteiger partial charge in [0.1, 0.15) is 5.75 Å². The van der Waals surface area contributed by atoms with Crippen molar-refractivity contribution in [3.63, 3.8) is 0 Å². The first-order chi connectivity index (χ1) is 16.9. The Bertz CT molecular complexity index is 1170. The van der Waals surface area contributed by atoms with Crippen LogP contribution in [0.2, 0.25) is 0 Å². The van der Waals surface area contributed by atoms with Gasteiger partial charge in [0, 0.05) is 13.0 Å². The van der Waals surface area contributed by atoms with Crippen LogP contribution in [0.1, 0.15) is 44.2 Å². The van der Waals surface area contributed by atoms with Gasteiger partial charge in [0.25, 0.3) is 0 Å². The highest BCUT2D eigenvalue weighted by Crippen LogP contribution is 2.56. The molecule has 0 spiro atoms. The molecule has 0 radical (unpaired) electrons. The number of carbonyl (C=O) groups excluding carboxylic acids is 4. The lowest BCUT2D eigenvalue weighted by Gasteiger charge is -2.25. The van der Waals surface area contributed by atoms with Crippen LogP contribution >= 0.6 is 0 Å². The number of rotatable bonds is 5. The highest BCUT2D eigenvalue weighted by molar-refractivity contribution is 6.22. The Kier molecular flexibility index (Phi) is 5.24. The summed E-state index contributed by atoms with van der Waals surface area (Å²) < 4.78 is 5.56. The summed E-state index contributed by atoms with van der Waals surface area (Å²) in [6.45, 7) is 2.27. The van der Waals surface area contributed by atoms with E-state index in [1.54, 1.807) is 29.2 Å². The molecule has 0 aromatic heterocycles. The predicted octanol–water partition coefficient (Wildman–Crippen LogP) is 3.74. The number of carbonyl (C=O) groups is 4. The van der Waals surface area contributed by atoms with Gasteiger partial charge in [-0.25, -0.2) is 0 Å². The lowest BCUT2D eigenvalue weighted by molar-refractivity contribution is -0.139. The second-order valence-corrected chi connectivity index (χ2v) is 10.3.